The van der Waals surface area contributed by atoms with Gasteiger partial charge in [-0.15, -0.1) is 0 Å². The maximum absolute atomic E-state index is 9.17. The number of hydrogen-bond donors (Lipinski definition) is 1. The highest BCUT2D eigenvalue weighted by Crippen LogP contribution is 2.33. The first kappa shape index (κ1) is 8.48. The van der Waals surface area contributed by atoms with Gasteiger partial charge in [-0.05, 0) is 19.8 Å². The van der Waals surface area contributed by atoms with E-state index in [4.69, 9.17) is 9.94 Å². The summed E-state index contributed by atoms with van der Waals surface area (Å²) in [5, 5.41) is 11.2. The lowest BCUT2D eigenvalue weighted by molar-refractivity contribution is -0.167. The first-order valence-corrected chi connectivity index (χ1v) is 4.87. The van der Waals surface area contributed by atoms with Crippen molar-refractivity contribution in [3.63, 3.8) is 0 Å². The number of fused-ring (bicyclic) bond motifs is 1. The lowest BCUT2D eigenvalue weighted by Crippen LogP contribution is -2.37. The Morgan fingerprint density at radius 3 is 3.08 bits per heavy atom. The molecule has 0 aliphatic carbocycles. The molecule has 0 radical (unpaired) electrons. The van der Waals surface area contributed by atoms with Crippen molar-refractivity contribution >= 4 is 0 Å². The van der Waals surface area contributed by atoms with Crippen molar-refractivity contribution in [2.75, 3.05) is 13.2 Å². The minimum atomic E-state index is 0.207. The van der Waals surface area contributed by atoms with E-state index in [-0.39, 0.29) is 12.7 Å². The van der Waals surface area contributed by atoms with E-state index in [0.717, 1.165) is 6.54 Å². The highest BCUT2D eigenvalue weighted by atomic mass is 16.7. The average Bonchev–Trinajstić information content (AvgIpc) is 2.40. The Bertz CT molecular complexity index is 163. The lowest BCUT2D eigenvalue weighted by atomic mass is 9.90. The fourth-order valence-electron chi connectivity index (χ4n) is 2.36. The van der Waals surface area contributed by atoms with E-state index in [1.165, 1.54) is 19.3 Å². The highest BCUT2D eigenvalue weighted by Gasteiger charge is 2.41. The average molecular weight is 171 g/mol. The van der Waals surface area contributed by atoms with Crippen LogP contribution in [0.4, 0.5) is 0 Å². The molecule has 2 aliphatic heterocycles. The molecule has 3 unspecified atom stereocenters. The van der Waals surface area contributed by atoms with Gasteiger partial charge >= 0.3 is 0 Å². The molecule has 12 heavy (non-hydrogen) atoms. The first-order valence-electron chi connectivity index (χ1n) is 4.87. The lowest BCUT2D eigenvalue weighted by Gasteiger charge is -2.29. The minimum Gasteiger partial charge on any atom is -0.396 e. The van der Waals surface area contributed by atoms with Gasteiger partial charge in [-0.25, -0.2) is 0 Å². The Morgan fingerprint density at radius 2 is 2.33 bits per heavy atom. The Morgan fingerprint density at radius 1 is 1.50 bits per heavy atom. The number of piperidine rings is 1. The zero-order valence-corrected chi connectivity index (χ0v) is 7.57. The van der Waals surface area contributed by atoms with Crippen LogP contribution in [-0.4, -0.2) is 35.5 Å². The molecule has 70 valence electrons. The number of hydrogen-bond acceptors (Lipinski definition) is 3. The summed E-state index contributed by atoms with van der Waals surface area (Å²) < 4.78 is 0. The predicted octanol–water partition coefficient (Wildman–Crippen LogP) is 0.783. The van der Waals surface area contributed by atoms with Gasteiger partial charge in [-0.1, -0.05) is 6.42 Å². The monoisotopic (exact) mass is 171 g/mol. The topological polar surface area (TPSA) is 32.7 Å². The Kier molecular flexibility index (Phi) is 2.35. The van der Waals surface area contributed by atoms with Gasteiger partial charge in [0.25, 0.3) is 0 Å². The summed E-state index contributed by atoms with van der Waals surface area (Å²) in [6, 6.07) is 0.485. The highest BCUT2D eigenvalue weighted by molar-refractivity contribution is 4.87. The number of aliphatic hydroxyl groups is 1. The van der Waals surface area contributed by atoms with Gasteiger partial charge in [0.1, 0.15) is 0 Å². The van der Waals surface area contributed by atoms with Gasteiger partial charge in [0, 0.05) is 18.5 Å². The van der Waals surface area contributed by atoms with Crippen LogP contribution >= 0.6 is 0 Å². The summed E-state index contributed by atoms with van der Waals surface area (Å²) >= 11 is 0. The molecule has 2 saturated heterocycles. The third-order valence-corrected chi connectivity index (χ3v) is 3.11. The predicted molar refractivity (Wildman–Crippen MR) is 45.5 cm³/mol. The molecule has 2 fully saturated rings. The van der Waals surface area contributed by atoms with Crippen molar-refractivity contribution in [2.24, 2.45) is 5.92 Å². The van der Waals surface area contributed by atoms with Crippen LogP contribution in [0.1, 0.15) is 26.2 Å². The smallest absolute Gasteiger partial charge is 0.0831 e. The molecule has 0 saturated carbocycles. The molecule has 3 atom stereocenters. The second kappa shape index (κ2) is 3.32. The Balaban J connectivity index is 2.05. The van der Waals surface area contributed by atoms with Crippen molar-refractivity contribution in [3.8, 4) is 0 Å². The standard InChI is InChI=1S/C9H17NO2/c1-7-8(6-11)9-4-2-3-5-10(9)12-7/h7-9,11H,2-6H2,1H3. The van der Waals surface area contributed by atoms with Crippen LogP contribution in [-0.2, 0) is 4.84 Å². The summed E-state index contributed by atoms with van der Waals surface area (Å²) in [5.74, 6) is 0.338. The SMILES string of the molecule is CC1ON2CCCCC2C1CO. The number of rotatable bonds is 1. The van der Waals surface area contributed by atoms with Crippen LogP contribution in [0, 0.1) is 5.92 Å². The van der Waals surface area contributed by atoms with Gasteiger partial charge in [-0.2, -0.15) is 5.06 Å². The first-order chi connectivity index (χ1) is 5.83. The molecule has 2 aliphatic rings. The summed E-state index contributed by atoms with van der Waals surface area (Å²) in [6.45, 7) is 3.37. The molecule has 2 rings (SSSR count). The molecular formula is C9H17NO2. The fraction of sp³-hybridized carbons (Fsp3) is 1.00. The maximum Gasteiger partial charge on any atom is 0.0831 e. The van der Waals surface area contributed by atoms with Gasteiger partial charge in [0.15, 0.2) is 0 Å². The zero-order chi connectivity index (χ0) is 8.55. The Labute approximate surface area is 73.3 Å². The molecule has 0 bridgehead atoms. The molecule has 0 aromatic heterocycles. The molecule has 0 spiro atoms. The van der Waals surface area contributed by atoms with Gasteiger partial charge in [0.2, 0.25) is 0 Å². The molecule has 3 nitrogen and oxygen atoms in total. The largest absolute Gasteiger partial charge is 0.396 e. The van der Waals surface area contributed by atoms with Gasteiger partial charge in [-0.3, -0.25) is 4.84 Å². The maximum atomic E-state index is 9.17. The third-order valence-electron chi connectivity index (χ3n) is 3.11. The van der Waals surface area contributed by atoms with Gasteiger partial charge < -0.3 is 5.11 Å². The second-order valence-corrected chi connectivity index (χ2v) is 3.86. The van der Waals surface area contributed by atoms with Crippen LogP contribution in [0.2, 0.25) is 0 Å². The van der Waals surface area contributed by atoms with Crippen LogP contribution in [0.25, 0.3) is 0 Å². The van der Waals surface area contributed by atoms with Crippen molar-refractivity contribution in [2.45, 2.75) is 38.3 Å². The zero-order valence-electron chi connectivity index (χ0n) is 7.57. The quantitative estimate of drug-likeness (QED) is 0.633. The van der Waals surface area contributed by atoms with Crippen LogP contribution in [0.3, 0.4) is 0 Å². The normalized spacial score (nSPS) is 43.0. The van der Waals surface area contributed by atoms with E-state index < -0.39 is 0 Å². The molecule has 1 N–H and O–H groups in total. The van der Waals surface area contributed by atoms with Crippen molar-refractivity contribution in [1.82, 2.24) is 5.06 Å². The van der Waals surface area contributed by atoms with Crippen molar-refractivity contribution in [3.05, 3.63) is 0 Å². The molecule has 0 amide bonds. The van der Waals surface area contributed by atoms with E-state index in [1.54, 1.807) is 0 Å². The molecule has 3 heteroatoms. The summed E-state index contributed by atoms with van der Waals surface area (Å²) in [6.07, 6.45) is 3.92. The fourth-order valence-corrected chi connectivity index (χ4v) is 2.36. The van der Waals surface area contributed by atoms with Crippen LogP contribution in [0.15, 0.2) is 0 Å². The van der Waals surface area contributed by atoms with E-state index in [9.17, 15) is 0 Å². The molecule has 0 aromatic carbocycles. The summed E-state index contributed by atoms with van der Waals surface area (Å²) in [7, 11) is 0. The van der Waals surface area contributed by atoms with E-state index in [2.05, 4.69) is 12.0 Å². The van der Waals surface area contributed by atoms with E-state index >= 15 is 0 Å². The molecule has 0 aromatic rings. The van der Waals surface area contributed by atoms with Crippen molar-refractivity contribution in [1.29, 1.82) is 0 Å². The van der Waals surface area contributed by atoms with Crippen LogP contribution in [0.5, 0.6) is 0 Å². The summed E-state index contributed by atoms with van der Waals surface area (Å²) in [5.41, 5.74) is 0. The Hall–Kier alpha value is -0.120. The minimum absolute atomic E-state index is 0.207. The number of aliphatic hydroxyl groups excluding tert-OH is 1. The summed E-state index contributed by atoms with van der Waals surface area (Å²) in [4.78, 5) is 5.64. The third kappa shape index (κ3) is 1.26. The van der Waals surface area contributed by atoms with Crippen molar-refractivity contribution < 1.29 is 9.94 Å². The van der Waals surface area contributed by atoms with Gasteiger partial charge in [0.05, 0.1) is 12.7 Å². The van der Waals surface area contributed by atoms with E-state index in [1.807, 2.05) is 0 Å². The van der Waals surface area contributed by atoms with E-state index in [0.29, 0.717) is 12.0 Å². The van der Waals surface area contributed by atoms with Crippen LogP contribution < -0.4 is 0 Å². The molecular weight excluding hydrogens is 154 g/mol. The number of nitrogens with zero attached hydrogens (tertiary/aromatic N) is 1. The molecule has 2 heterocycles. The second-order valence-electron chi connectivity index (χ2n) is 3.86. The number of hydroxylamine groups is 2.